The highest BCUT2D eigenvalue weighted by molar-refractivity contribution is 7.15. The van der Waals surface area contributed by atoms with Crippen LogP contribution in [0.1, 0.15) is 10.4 Å². The number of carbonyl (C=O) groups excluding carboxylic acids is 1. The van der Waals surface area contributed by atoms with Crippen molar-refractivity contribution in [2.75, 3.05) is 25.0 Å². The number of ether oxygens (including phenoxy) is 1. The predicted molar refractivity (Wildman–Crippen MR) is 99.9 cm³/mol. The highest BCUT2D eigenvalue weighted by Crippen LogP contribution is 2.27. The van der Waals surface area contributed by atoms with Gasteiger partial charge < -0.3 is 10.1 Å². The van der Waals surface area contributed by atoms with E-state index in [0.717, 1.165) is 17.0 Å². The molecule has 0 bridgehead atoms. The van der Waals surface area contributed by atoms with Crippen LogP contribution in [0.3, 0.4) is 0 Å². The van der Waals surface area contributed by atoms with E-state index >= 15 is 0 Å². The number of halogens is 3. The predicted octanol–water partition coefficient (Wildman–Crippen LogP) is 3.39. The number of carbonyl (C=O) groups is 1. The first kappa shape index (κ1) is 19.4. The minimum atomic E-state index is -0.474. The van der Waals surface area contributed by atoms with Crippen molar-refractivity contribution in [3.05, 3.63) is 44.9 Å². The monoisotopic (exact) mass is 407 g/mol. The van der Waals surface area contributed by atoms with Gasteiger partial charge in [-0.05, 0) is 23.8 Å². The number of nitrogens with zero attached hydrogens (tertiary/aromatic N) is 1. The molecular formula is C15H16Cl3N3O2S. The molecule has 2 aromatic rings. The van der Waals surface area contributed by atoms with Crippen molar-refractivity contribution >= 4 is 58.0 Å². The number of anilines is 1. The van der Waals surface area contributed by atoms with Crippen LogP contribution in [0.15, 0.2) is 24.4 Å². The molecule has 9 heteroatoms. The second kappa shape index (κ2) is 8.99. The van der Waals surface area contributed by atoms with Crippen LogP contribution in [-0.2, 0) is 16.0 Å². The van der Waals surface area contributed by atoms with E-state index in [1.54, 1.807) is 18.3 Å². The van der Waals surface area contributed by atoms with Crippen LogP contribution in [-0.4, -0.2) is 36.7 Å². The van der Waals surface area contributed by atoms with E-state index in [0.29, 0.717) is 34.7 Å². The minimum absolute atomic E-state index is 0. The number of nitrogens with one attached hydrogen (secondary N) is 2. The van der Waals surface area contributed by atoms with Crippen molar-refractivity contribution in [2.45, 2.75) is 12.5 Å². The fraction of sp³-hybridized carbons (Fsp3) is 0.333. The Balaban J connectivity index is 0.00000208. The van der Waals surface area contributed by atoms with E-state index in [1.165, 1.54) is 11.3 Å². The van der Waals surface area contributed by atoms with E-state index < -0.39 is 6.10 Å². The number of amides is 1. The van der Waals surface area contributed by atoms with Crippen molar-refractivity contribution in [1.82, 2.24) is 10.3 Å². The average Bonchev–Trinajstić information content (AvgIpc) is 2.99. The second-order valence-corrected chi connectivity index (χ2v) is 7.06. The Morgan fingerprint density at radius 1 is 1.46 bits per heavy atom. The molecule has 1 unspecified atom stereocenters. The van der Waals surface area contributed by atoms with Crippen molar-refractivity contribution < 1.29 is 9.53 Å². The topological polar surface area (TPSA) is 63.2 Å². The molecule has 1 fully saturated rings. The molecule has 2 heterocycles. The number of benzene rings is 1. The lowest BCUT2D eigenvalue weighted by Crippen LogP contribution is -2.45. The number of hydrogen-bond acceptors (Lipinski definition) is 5. The number of rotatable bonds is 4. The van der Waals surface area contributed by atoms with Crippen molar-refractivity contribution in [1.29, 1.82) is 0 Å². The van der Waals surface area contributed by atoms with Gasteiger partial charge in [-0.3, -0.25) is 10.1 Å². The van der Waals surface area contributed by atoms with Crippen LogP contribution in [0.2, 0.25) is 10.0 Å². The molecular weight excluding hydrogens is 393 g/mol. The molecule has 24 heavy (non-hydrogen) atoms. The zero-order chi connectivity index (χ0) is 16.2. The molecule has 3 rings (SSSR count). The summed E-state index contributed by atoms with van der Waals surface area (Å²) >= 11 is 13.6. The molecule has 5 nitrogen and oxygen atoms in total. The third kappa shape index (κ3) is 5.05. The lowest BCUT2D eigenvalue weighted by Gasteiger charge is -2.22. The van der Waals surface area contributed by atoms with Gasteiger partial charge in [0.25, 0.3) is 5.91 Å². The molecule has 1 saturated heterocycles. The highest BCUT2D eigenvalue weighted by Gasteiger charge is 2.22. The summed E-state index contributed by atoms with van der Waals surface area (Å²) in [5.74, 6) is -0.182. The summed E-state index contributed by atoms with van der Waals surface area (Å²) in [5, 5.41) is 7.77. The van der Waals surface area contributed by atoms with E-state index in [-0.39, 0.29) is 18.3 Å². The molecule has 1 aliphatic rings. The van der Waals surface area contributed by atoms with Crippen molar-refractivity contribution in [2.24, 2.45) is 0 Å². The second-order valence-electron chi connectivity index (χ2n) is 5.10. The van der Waals surface area contributed by atoms with Gasteiger partial charge in [-0.15, -0.1) is 23.7 Å². The Morgan fingerprint density at radius 3 is 3.04 bits per heavy atom. The molecule has 2 N–H and O–H groups in total. The molecule has 1 aromatic heterocycles. The molecule has 1 amide bonds. The lowest BCUT2D eigenvalue weighted by molar-refractivity contribution is -0.128. The van der Waals surface area contributed by atoms with Gasteiger partial charge in [0.05, 0.1) is 6.61 Å². The van der Waals surface area contributed by atoms with Gasteiger partial charge in [0.15, 0.2) is 5.13 Å². The molecule has 1 aromatic carbocycles. The Bertz CT molecular complexity index is 705. The van der Waals surface area contributed by atoms with E-state index in [1.807, 2.05) is 6.07 Å². The van der Waals surface area contributed by atoms with Gasteiger partial charge in [0.2, 0.25) is 0 Å². The van der Waals surface area contributed by atoms with Crippen LogP contribution in [0, 0.1) is 0 Å². The third-order valence-corrected chi connectivity index (χ3v) is 4.89. The summed E-state index contributed by atoms with van der Waals surface area (Å²) < 4.78 is 5.41. The molecule has 0 saturated carbocycles. The van der Waals surface area contributed by atoms with E-state index in [4.69, 9.17) is 27.9 Å². The Morgan fingerprint density at radius 2 is 2.29 bits per heavy atom. The van der Waals surface area contributed by atoms with Crippen LogP contribution in [0.4, 0.5) is 5.13 Å². The fourth-order valence-corrected chi connectivity index (χ4v) is 3.45. The van der Waals surface area contributed by atoms with Gasteiger partial charge in [0, 0.05) is 40.6 Å². The Hall–Kier alpha value is -0.890. The van der Waals surface area contributed by atoms with E-state index in [2.05, 4.69) is 15.6 Å². The fourth-order valence-electron chi connectivity index (χ4n) is 2.23. The van der Waals surface area contributed by atoms with E-state index in [9.17, 15) is 4.79 Å². The zero-order valence-corrected chi connectivity index (χ0v) is 15.7. The van der Waals surface area contributed by atoms with Gasteiger partial charge in [-0.2, -0.15) is 0 Å². The summed E-state index contributed by atoms with van der Waals surface area (Å²) in [4.78, 5) is 17.3. The molecule has 0 radical (unpaired) electrons. The summed E-state index contributed by atoms with van der Waals surface area (Å²) in [6, 6.07) is 5.36. The maximum atomic E-state index is 12.1. The zero-order valence-electron chi connectivity index (χ0n) is 12.6. The van der Waals surface area contributed by atoms with Gasteiger partial charge >= 0.3 is 0 Å². The summed E-state index contributed by atoms with van der Waals surface area (Å²) in [7, 11) is 0. The summed E-state index contributed by atoms with van der Waals surface area (Å²) in [5.41, 5.74) is 0.931. The largest absolute Gasteiger partial charge is 0.366 e. The minimum Gasteiger partial charge on any atom is -0.366 e. The van der Waals surface area contributed by atoms with Crippen LogP contribution < -0.4 is 10.6 Å². The summed E-state index contributed by atoms with van der Waals surface area (Å²) in [6.07, 6.45) is 1.88. The Kier molecular flexibility index (Phi) is 7.28. The number of morpholine rings is 1. The molecule has 1 atom stereocenters. The van der Waals surface area contributed by atoms with Gasteiger partial charge in [0.1, 0.15) is 6.10 Å². The molecule has 1 aliphatic heterocycles. The molecule has 130 valence electrons. The first-order valence-electron chi connectivity index (χ1n) is 7.13. The number of aromatic nitrogens is 1. The first-order valence-corrected chi connectivity index (χ1v) is 8.71. The van der Waals surface area contributed by atoms with Crippen LogP contribution in [0.5, 0.6) is 0 Å². The SMILES string of the molecule is Cl.O=C(Nc1ncc(Cc2cc(Cl)ccc2Cl)s1)C1CNCCO1. The standard InChI is InChI=1S/C15H15Cl2N3O2S.ClH/c16-10-1-2-12(17)9(5-10)6-11-7-19-15(23-11)20-14(21)13-8-18-3-4-22-13;/h1-2,5,7,13,18H,3-4,6,8H2,(H,19,20,21);1H. The summed E-state index contributed by atoms with van der Waals surface area (Å²) in [6.45, 7) is 1.82. The quantitative estimate of drug-likeness (QED) is 0.814. The average molecular weight is 409 g/mol. The normalized spacial score (nSPS) is 17.2. The molecule has 0 spiro atoms. The Labute approximate surface area is 160 Å². The van der Waals surface area contributed by atoms with Gasteiger partial charge in [-0.25, -0.2) is 4.98 Å². The van der Waals surface area contributed by atoms with Crippen molar-refractivity contribution in [3.8, 4) is 0 Å². The van der Waals surface area contributed by atoms with Crippen LogP contribution in [0.25, 0.3) is 0 Å². The maximum Gasteiger partial charge on any atom is 0.256 e. The molecule has 0 aliphatic carbocycles. The van der Waals surface area contributed by atoms with Crippen LogP contribution >= 0.6 is 46.9 Å². The number of hydrogen-bond donors (Lipinski definition) is 2. The smallest absolute Gasteiger partial charge is 0.256 e. The third-order valence-electron chi connectivity index (χ3n) is 3.38. The number of thiazole rings is 1. The first-order chi connectivity index (χ1) is 11.1. The van der Waals surface area contributed by atoms with Gasteiger partial charge in [-0.1, -0.05) is 23.2 Å². The maximum absolute atomic E-state index is 12.1. The van der Waals surface area contributed by atoms with Crippen molar-refractivity contribution in [3.63, 3.8) is 0 Å². The highest BCUT2D eigenvalue weighted by atomic mass is 35.5. The lowest BCUT2D eigenvalue weighted by atomic mass is 10.1.